The van der Waals surface area contributed by atoms with Gasteiger partial charge in [0.15, 0.2) is 0 Å². The first kappa shape index (κ1) is 17.7. The molecular formula is C17H16BrNO3. The summed E-state index contributed by atoms with van der Waals surface area (Å²) in [6.07, 6.45) is 4.41. The van der Waals surface area contributed by atoms with Gasteiger partial charge in [-0.15, -0.1) is 17.0 Å². The molecule has 0 bridgehead atoms. The van der Waals surface area contributed by atoms with Crippen molar-refractivity contribution in [1.29, 1.82) is 0 Å². The van der Waals surface area contributed by atoms with Crippen LogP contribution in [0.2, 0.25) is 0 Å². The van der Waals surface area contributed by atoms with Crippen LogP contribution < -0.4 is 4.74 Å². The first-order chi connectivity index (χ1) is 10.2. The molecule has 0 aliphatic carbocycles. The van der Waals surface area contributed by atoms with Crippen LogP contribution in [-0.4, -0.2) is 24.4 Å². The molecule has 0 heterocycles. The number of methoxy groups -OCH3 is 1. The Labute approximate surface area is 139 Å². The minimum absolute atomic E-state index is 0. The highest BCUT2D eigenvalue weighted by Gasteiger charge is 1.93. The van der Waals surface area contributed by atoms with Crippen molar-refractivity contribution in [1.82, 2.24) is 0 Å². The lowest BCUT2D eigenvalue weighted by molar-refractivity contribution is -0.131. The van der Waals surface area contributed by atoms with E-state index in [0.29, 0.717) is 0 Å². The van der Waals surface area contributed by atoms with Gasteiger partial charge in [0.2, 0.25) is 0 Å². The average Bonchev–Trinajstić information content (AvgIpc) is 2.52. The van der Waals surface area contributed by atoms with Crippen molar-refractivity contribution in [3.8, 4) is 5.75 Å². The molecule has 1 N–H and O–H groups in total. The fraction of sp³-hybridized carbons (Fsp3) is 0.0588. The molecule has 4 nitrogen and oxygen atoms in total. The van der Waals surface area contributed by atoms with E-state index in [0.717, 1.165) is 28.6 Å². The van der Waals surface area contributed by atoms with Crippen LogP contribution in [0.3, 0.4) is 0 Å². The van der Waals surface area contributed by atoms with Gasteiger partial charge in [0, 0.05) is 12.3 Å². The summed E-state index contributed by atoms with van der Waals surface area (Å²) in [6.45, 7) is 0. The second-order valence-corrected chi connectivity index (χ2v) is 4.29. The molecule has 2 aromatic rings. The number of aliphatic carboxylic acids is 1. The highest BCUT2D eigenvalue weighted by atomic mass is 79.9. The molecule has 2 aromatic carbocycles. The predicted octanol–water partition coefficient (Wildman–Crippen LogP) is 4.12. The molecule has 0 spiro atoms. The van der Waals surface area contributed by atoms with E-state index in [1.807, 2.05) is 48.5 Å². The van der Waals surface area contributed by atoms with Crippen molar-refractivity contribution >= 4 is 40.9 Å². The Morgan fingerprint density at radius 1 is 1.05 bits per heavy atom. The monoisotopic (exact) mass is 361 g/mol. The maximum Gasteiger partial charge on any atom is 0.328 e. The Kier molecular flexibility index (Phi) is 7.05. The quantitative estimate of drug-likeness (QED) is 0.643. The number of hydrogen-bond donors (Lipinski definition) is 1. The number of carboxylic acids is 1. The fourth-order valence-corrected chi connectivity index (χ4v) is 1.68. The minimum atomic E-state index is -0.961. The van der Waals surface area contributed by atoms with E-state index in [2.05, 4.69) is 4.99 Å². The van der Waals surface area contributed by atoms with Crippen molar-refractivity contribution in [2.75, 3.05) is 7.11 Å². The highest BCUT2D eigenvalue weighted by Crippen LogP contribution is 2.15. The Morgan fingerprint density at radius 3 is 2.18 bits per heavy atom. The Morgan fingerprint density at radius 2 is 1.64 bits per heavy atom. The third-order valence-electron chi connectivity index (χ3n) is 2.79. The third kappa shape index (κ3) is 5.54. The predicted molar refractivity (Wildman–Crippen MR) is 93.7 cm³/mol. The van der Waals surface area contributed by atoms with Crippen molar-refractivity contribution in [2.24, 2.45) is 4.99 Å². The molecule has 2 rings (SSSR count). The Hall–Kier alpha value is -2.40. The number of ether oxygens (including phenoxy) is 1. The zero-order valence-corrected chi connectivity index (χ0v) is 13.7. The molecule has 22 heavy (non-hydrogen) atoms. The van der Waals surface area contributed by atoms with Gasteiger partial charge in [-0.3, -0.25) is 4.99 Å². The summed E-state index contributed by atoms with van der Waals surface area (Å²) >= 11 is 0. The van der Waals surface area contributed by atoms with Crippen molar-refractivity contribution in [3.63, 3.8) is 0 Å². The molecule has 0 amide bonds. The second kappa shape index (κ2) is 8.79. The van der Waals surface area contributed by atoms with Crippen LogP contribution in [-0.2, 0) is 4.79 Å². The maximum absolute atomic E-state index is 10.4. The fourth-order valence-electron chi connectivity index (χ4n) is 1.68. The van der Waals surface area contributed by atoms with Crippen molar-refractivity contribution < 1.29 is 14.6 Å². The van der Waals surface area contributed by atoms with E-state index in [1.165, 1.54) is 0 Å². The van der Waals surface area contributed by atoms with E-state index >= 15 is 0 Å². The van der Waals surface area contributed by atoms with Crippen LogP contribution in [0.25, 0.3) is 6.08 Å². The molecule has 0 unspecified atom stereocenters. The van der Waals surface area contributed by atoms with Crippen LogP contribution in [0.15, 0.2) is 59.6 Å². The number of halogens is 1. The van der Waals surface area contributed by atoms with Crippen LogP contribution in [0.1, 0.15) is 11.1 Å². The van der Waals surface area contributed by atoms with Gasteiger partial charge in [-0.1, -0.05) is 12.1 Å². The van der Waals surface area contributed by atoms with Gasteiger partial charge in [0.1, 0.15) is 5.75 Å². The summed E-state index contributed by atoms with van der Waals surface area (Å²) < 4.78 is 5.09. The smallest absolute Gasteiger partial charge is 0.328 e. The number of carboxylic acid groups (broad SMARTS) is 1. The Balaban J connectivity index is 0.00000242. The summed E-state index contributed by atoms with van der Waals surface area (Å²) in [5.74, 6) is -0.154. The van der Waals surface area contributed by atoms with Gasteiger partial charge in [-0.25, -0.2) is 4.79 Å². The largest absolute Gasteiger partial charge is 0.497 e. The second-order valence-electron chi connectivity index (χ2n) is 4.29. The first-order valence-electron chi connectivity index (χ1n) is 6.36. The van der Waals surface area contributed by atoms with Gasteiger partial charge in [-0.05, 0) is 53.6 Å². The molecule has 5 heteroatoms. The number of nitrogens with zero attached hydrogens (tertiary/aromatic N) is 1. The molecule has 0 atom stereocenters. The molecule has 0 aliphatic heterocycles. The number of hydrogen-bond acceptors (Lipinski definition) is 3. The van der Waals surface area contributed by atoms with Gasteiger partial charge < -0.3 is 9.84 Å². The lowest BCUT2D eigenvalue weighted by Crippen LogP contribution is -1.85. The van der Waals surface area contributed by atoms with E-state index in [9.17, 15) is 4.79 Å². The molecule has 0 aliphatic rings. The zero-order chi connectivity index (χ0) is 15.1. The molecule has 0 radical (unpaired) electrons. The summed E-state index contributed by atoms with van der Waals surface area (Å²) in [5, 5.41) is 8.56. The van der Waals surface area contributed by atoms with E-state index in [1.54, 1.807) is 19.4 Å². The molecule has 0 aromatic heterocycles. The van der Waals surface area contributed by atoms with Gasteiger partial charge in [0.25, 0.3) is 0 Å². The summed E-state index contributed by atoms with van der Waals surface area (Å²) in [4.78, 5) is 14.8. The van der Waals surface area contributed by atoms with E-state index in [-0.39, 0.29) is 17.0 Å². The number of benzene rings is 2. The highest BCUT2D eigenvalue weighted by molar-refractivity contribution is 8.93. The summed E-state index contributed by atoms with van der Waals surface area (Å²) in [5.41, 5.74) is 2.60. The van der Waals surface area contributed by atoms with Crippen LogP contribution in [0, 0.1) is 0 Å². The third-order valence-corrected chi connectivity index (χ3v) is 2.79. The molecule has 0 saturated carbocycles. The number of carbonyl (C=O) groups is 1. The lowest BCUT2D eigenvalue weighted by atomic mass is 10.2. The lowest BCUT2D eigenvalue weighted by Gasteiger charge is -1.99. The molecule has 114 valence electrons. The average molecular weight is 362 g/mol. The Bertz CT molecular complexity index is 661. The van der Waals surface area contributed by atoms with E-state index in [4.69, 9.17) is 9.84 Å². The minimum Gasteiger partial charge on any atom is -0.497 e. The summed E-state index contributed by atoms with van der Waals surface area (Å²) in [7, 11) is 1.63. The van der Waals surface area contributed by atoms with E-state index < -0.39 is 5.97 Å². The van der Waals surface area contributed by atoms with Crippen LogP contribution >= 0.6 is 17.0 Å². The van der Waals surface area contributed by atoms with Gasteiger partial charge >= 0.3 is 5.97 Å². The molecular weight excluding hydrogens is 346 g/mol. The first-order valence-corrected chi connectivity index (χ1v) is 6.36. The van der Waals surface area contributed by atoms with Gasteiger partial charge in [-0.2, -0.15) is 0 Å². The molecule has 0 fully saturated rings. The normalized spacial score (nSPS) is 10.6. The number of rotatable bonds is 5. The van der Waals surface area contributed by atoms with Gasteiger partial charge in [0.05, 0.1) is 12.8 Å². The summed E-state index contributed by atoms with van der Waals surface area (Å²) in [6, 6.07) is 14.9. The zero-order valence-electron chi connectivity index (χ0n) is 12.0. The van der Waals surface area contributed by atoms with Crippen molar-refractivity contribution in [3.05, 3.63) is 65.7 Å². The topological polar surface area (TPSA) is 58.9 Å². The molecule has 0 saturated heterocycles. The van der Waals surface area contributed by atoms with Crippen LogP contribution in [0.4, 0.5) is 5.69 Å². The maximum atomic E-state index is 10.4. The van der Waals surface area contributed by atoms with Crippen molar-refractivity contribution in [2.45, 2.75) is 0 Å². The standard InChI is InChI=1S/C17H15NO3.BrH/c1-21-16-9-4-14(5-10-16)12-18-15-7-2-13(3-8-15)6-11-17(19)20;/h2-12H,1H3,(H,19,20);1H/b11-6+,18-12?;. The van der Waals surface area contributed by atoms with Crippen LogP contribution in [0.5, 0.6) is 5.75 Å². The SMILES string of the molecule is Br.COc1ccc(C=Nc2ccc(/C=C/C(=O)O)cc2)cc1. The number of aliphatic imine (C=N–C) groups is 1.